The lowest BCUT2D eigenvalue weighted by Crippen LogP contribution is -2.27. The zero-order chi connectivity index (χ0) is 11.4. The molecule has 80 valence electrons. The summed E-state index contributed by atoms with van der Waals surface area (Å²) in [5, 5.41) is 12.9. The zero-order valence-corrected chi connectivity index (χ0v) is 9.41. The second-order valence-electron chi connectivity index (χ2n) is 3.84. The van der Waals surface area contributed by atoms with Crippen molar-refractivity contribution >= 4 is 0 Å². The van der Waals surface area contributed by atoms with Gasteiger partial charge in [0.1, 0.15) is 5.75 Å². The molecule has 1 aromatic rings. The van der Waals surface area contributed by atoms with E-state index >= 15 is 0 Å². The number of terminal acetylenes is 1. The fourth-order valence-corrected chi connectivity index (χ4v) is 1.53. The van der Waals surface area contributed by atoms with Crippen molar-refractivity contribution in [2.24, 2.45) is 0 Å². The topological polar surface area (TPSA) is 32.3 Å². The van der Waals surface area contributed by atoms with Gasteiger partial charge in [0.2, 0.25) is 0 Å². The largest absolute Gasteiger partial charge is 0.508 e. The van der Waals surface area contributed by atoms with Crippen molar-refractivity contribution in [3.63, 3.8) is 0 Å². The fourth-order valence-electron chi connectivity index (χ4n) is 1.53. The van der Waals surface area contributed by atoms with E-state index in [1.54, 1.807) is 6.07 Å². The van der Waals surface area contributed by atoms with Crippen LogP contribution in [-0.2, 0) is 0 Å². The summed E-state index contributed by atoms with van der Waals surface area (Å²) in [6.07, 6.45) is 5.29. The molecule has 0 spiro atoms. The summed E-state index contributed by atoms with van der Waals surface area (Å²) in [5.41, 5.74) is 2.02. The van der Waals surface area contributed by atoms with E-state index < -0.39 is 0 Å². The van der Waals surface area contributed by atoms with Crippen molar-refractivity contribution < 1.29 is 5.11 Å². The third kappa shape index (κ3) is 3.00. The van der Waals surface area contributed by atoms with Gasteiger partial charge in [-0.05, 0) is 26.8 Å². The normalized spacial score (nSPS) is 14.3. The molecule has 2 N–H and O–H groups in total. The summed E-state index contributed by atoms with van der Waals surface area (Å²) in [6, 6.07) is 5.62. The van der Waals surface area contributed by atoms with Crippen molar-refractivity contribution in [2.75, 3.05) is 0 Å². The number of aromatic hydroxyl groups is 1. The highest BCUT2D eigenvalue weighted by Gasteiger charge is 2.11. The lowest BCUT2D eigenvalue weighted by Gasteiger charge is -2.18. The Morgan fingerprint density at radius 3 is 2.67 bits per heavy atom. The van der Waals surface area contributed by atoms with Crippen LogP contribution in [0.5, 0.6) is 5.75 Å². The standard InChI is InChI=1S/C13H17NO/c1-5-10(3)14-11(4)12-8-9(2)6-7-13(12)15/h1,6-8,10-11,14-15H,2-4H3. The molecule has 0 saturated carbocycles. The smallest absolute Gasteiger partial charge is 0.120 e. The Morgan fingerprint density at radius 1 is 1.40 bits per heavy atom. The first kappa shape index (κ1) is 11.6. The summed E-state index contributed by atoms with van der Waals surface area (Å²) in [4.78, 5) is 0. The number of hydrogen-bond acceptors (Lipinski definition) is 2. The summed E-state index contributed by atoms with van der Waals surface area (Å²) < 4.78 is 0. The van der Waals surface area contributed by atoms with Gasteiger partial charge in [0, 0.05) is 11.6 Å². The summed E-state index contributed by atoms with van der Waals surface area (Å²) in [6.45, 7) is 5.91. The fraction of sp³-hybridized carbons (Fsp3) is 0.385. The Balaban J connectivity index is 2.86. The van der Waals surface area contributed by atoms with Crippen LogP contribution in [0, 0.1) is 19.3 Å². The Bertz CT molecular complexity index is 379. The second-order valence-corrected chi connectivity index (χ2v) is 3.84. The quantitative estimate of drug-likeness (QED) is 0.739. The van der Waals surface area contributed by atoms with Gasteiger partial charge >= 0.3 is 0 Å². The molecule has 0 aliphatic heterocycles. The number of aryl methyl sites for hydroxylation is 1. The third-order valence-corrected chi connectivity index (χ3v) is 2.40. The van der Waals surface area contributed by atoms with Gasteiger partial charge in [0.15, 0.2) is 0 Å². The average Bonchev–Trinajstić information content (AvgIpc) is 2.21. The Kier molecular flexibility index (Phi) is 3.76. The van der Waals surface area contributed by atoms with Crippen molar-refractivity contribution in [1.82, 2.24) is 5.32 Å². The van der Waals surface area contributed by atoms with Crippen molar-refractivity contribution in [1.29, 1.82) is 0 Å². The molecule has 0 aliphatic carbocycles. The highest BCUT2D eigenvalue weighted by atomic mass is 16.3. The maximum absolute atomic E-state index is 9.70. The number of phenols is 1. The molecule has 0 radical (unpaired) electrons. The molecular formula is C13H17NO. The maximum atomic E-state index is 9.70. The third-order valence-electron chi connectivity index (χ3n) is 2.40. The van der Waals surface area contributed by atoms with E-state index in [0.717, 1.165) is 11.1 Å². The van der Waals surface area contributed by atoms with E-state index in [1.807, 2.05) is 32.9 Å². The van der Waals surface area contributed by atoms with Gasteiger partial charge in [0.05, 0.1) is 6.04 Å². The van der Waals surface area contributed by atoms with Crippen molar-refractivity contribution in [3.8, 4) is 18.1 Å². The molecule has 2 unspecified atom stereocenters. The van der Waals surface area contributed by atoms with E-state index in [1.165, 1.54) is 0 Å². The minimum atomic E-state index is -0.0000813. The molecule has 1 rings (SSSR count). The van der Waals surface area contributed by atoms with E-state index in [4.69, 9.17) is 6.42 Å². The van der Waals surface area contributed by atoms with Gasteiger partial charge < -0.3 is 5.11 Å². The molecule has 0 fully saturated rings. The molecule has 2 nitrogen and oxygen atoms in total. The molecule has 15 heavy (non-hydrogen) atoms. The van der Waals surface area contributed by atoms with Crippen LogP contribution in [0.25, 0.3) is 0 Å². The Morgan fingerprint density at radius 2 is 2.07 bits per heavy atom. The monoisotopic (exact) mass is 203 g/mol. The lowest BCUT2D eigenvalue weighted by atomic mass is 10.0. The first-order valence-corrected chi connectivity index (χ1v) is 5.06. The Labute approximate surface area is 91.3 Å². The zero-order valence-electron chi connectivity index (χ0n) is 9.41. The molecule has 1 aromatic carbocycles. The number of hydrogen-bond donors (Lipinski definition) is 2. The summed E-state index contributed by atoms with van der Waals surface area (Å²) in [5.74, 6) is 2.92. The summed E-state index contributed by atoms with van der Waals surface area (Å²) >= 11 is 0. The van der Waals surface area contributed by atoms with Gasteiger partial charge in [0.25, 0.3) is 0 Å². The van der Waals surface area contributed by atoms with Crippen LogP contribution >= 0.6 is 0 Å². The molecule has 2 atom stereocenters. The Hall–Kier alpha value is -1.46. The first-order chi connectivity index (χ1) is 7.04. The number of phenolic OH excluding ortho intramolecular Hbond substituents is 1. The van der Waals surface area contributed by atoms with Crippen LogP contribution in [0.15, 0.2) is 18.2 Å². The van der Waals surface area contributed by atoms with Crippen LogP contribution in [-0.4, -0.2) is 11.1 Å². The van der Waals surface area contributed by atoms with Crippen LogP contribution in [0.1, 0.15) is 31.0 Å². The predicted octanol–water partition coefficient (Wildman–Crippen LogP) is 2.37. The highest BCUT2D eigenvalue weighted by Crippen LogP contribution is 2.25. The van der Waals surface area contributed by atoms with Gasteiger partial charge in [-0.2, -0.15) is 0 Å². The molecule has 0 amide bonds. The van der Waals surface area contributed by atoms with Crippen molar-refractivity contribution in [2.45, 2.75) is 32.9 Å². The first-order valence-electron chi connectivity index (χ1n) is 5.06. The molecule has 0 bridgehead atoms. The van der Waals surface area contributed by atoms with Gasteiger partial charge in [-0.25, -0.2) is 0 Å². The van der Waals surface area contributed by atoms with E-state index in [2.05, 4.69) is 11.2 Å². The van der Waals surface area contributed by atoms with E-state index in [-0.39, 0.29) is 12.1 Å². The van der Waals surface area contributed by atoms with Gasteiger partial charge in [-0.1, -0.05) is 23.6 Å². The van der Waals surface area contributed by atoms with Gasteiger partial charge in [-0.3, -0.25) is 5.32 Å². The molecular weight excluding hydrogens is 186 g/mol. The van der Waals surface area contributed by atoms with E-state index in [0.29, 0.717) is 5.75 Å². The van der Waals surface area contributed by atoms with E-state index in [9.17, 15) is 5.11 Å². The van der Waals surface area contributed by atoms with Crippen LogP contribution in [0.2, 0.25) is 0 Å². The number of nitrogens with one attached hydrogen (secondary N) is 1. The SMILES string of the molecule is C#CC(C)NC(C)c1cc(C)ccc1O. The van der Waals surface area contributed by atoms with Crippen LogP contribution in [0.4, 0.5) is 0 Å². The highest BCUT2D eigenvalue weighted by molar-refractivity contribution is 5.37. The molecule has 0 aliphatic rings. The summed E-state index contributed by atoms with van der Waals surface area (Å²) in [7, 11) is 0. The predicted molar refractivity (Wildman–Crippen MR) is 62.7 cm³/mol. The maximum Gasteiger partial charge on any atom is 0.120 e. The molecule has 2 heteroatoms. The molecule has 0 heterocycles. The number of benzene rings is 1. The average molecular weight is 203 g/mol. The number of rotatable bonds is 3. The minimum Gasteiger partial charge on any atom is -0.508 e. The van der Waals surface area contributed by atoms with Crippen molar-refractivity contribution in [3.05, 3.63) is 29.3 Å². The molecule has 0 saturated heterocycles. The van der Waals surface area contributed by atoms with Crippen LogP contribution < -0.4 is 5.32 Å². The second kappa shape index (κ2) is 4.86. The van der Waals surface area contributed by atoms with Crippen LogP contribution in [0.3, 0.4) is 0 Å². The minimum absolute atomic E-state index is 0.0000813. The molecule has 0 aromatic heterocycles. The lowest BCUT2D eigenvalue weighted by molar-refractivity contribution is 0.449. The van der Waals surface area contributed by atoms with Gasteiger partial charge in [-0.15, -0.1) is 6.42 Å².